The molecule has 4 aromatic rings. The minimum absolute atomic E-state index is 0.254. The summed E-state index contributed by atoms with van der Waals surface area (Å²) in [4.78, 5) is 16.7. The Morgan fingerprint density at radius 1 is 1.07 bits per heavy atom. The van der Waals surface area contributed by atoms with Crippen LogP contribution < -0.4 is 10.6 Å². The third kappa shape index (κ3) is 4.60. The van der Waals surface area contributed by atoms with Crippen molar-refractivity contribution in [3.63, 3.8) is 0 Å². The van der Waals surface area contributed by atoms with Gasteiger partial charge in [-0.3, -0.25) is 0 Å². The molecule has 0 fully saturated rings. The van der Waals surface area contributed by atoms with Crippen LogP contribution in [-0.4, -0.2) is 17.6 Å². The van der Waals surface area contributed by atoms with Gasteiger partial charge in [-0.15, -0.1) is 11.3 Å². The Balaban J connectivity index is 1.35. The number of thiazole rings is 1. The third-order valence-corrected chi connectivity index (χ3v) is 5.64. The second-order valence-electron chi connectivity index (χ2n) is 6.79. The summed E-state index contributed by atoms with van der Waals surface area (Å²) in [6, 6.07) is 20.1. The molecule has 0 spiro atoms. The van der Waals surface area contributed by atoms with Gasteiger partial charge in [0.15, 0.2) is 0 Å². The average Bonchev–Trinajstić information content (AvgIpc) is 3.13. The lowest BCUT2D eigenvalue weighted by molar-refractivity contribution is 0.252. The maximum Gasteiger partial charge on any atom is 0.319 e. The molecule has 0 unspecified atom stereocenters. The maximum absolute atomic E-state index is 13.6. The quantitative estimate of drug-likeness (QED) is 0.442. The number of urea groups is 1. The monoisotopic (exact) mass is 405 g/mol. The average molecular weight is 405 g/mol. The van der Waals surface area contributed by atoms with E-state index in [1.165, 1.54) is 11.6 Å². The van der Waals surface area contributed by atoms with E-state index in [1.807, 2.05) is 30.3 Å². The Labute approximate surface area is 172 Å². The molecule has 4 rings (SSSR count). The summed E-state index contributed by atoms with van der Waals surface area (Å²) in [5.74, 6) is -0.254. The van der Waals surface area contributed by atoms with Gasteiger partial charge in [0.2, 0.25) is 0 Å². The number of nitrogens with one attached hydrogen (secondary N) is 2. The van der Waals surface area contributed by atoms with Gasteiger partial charge in [-0.2, -0.15) is 0 Å². The fourth-order valence-corrected chi connectivity index (χ4v) is 4.11. The third-order valence-electron chi connectivity index (χ3n) is 4.57. The number of carbonyl (C=O) groups is 1. The molecule has 0 bridgehead atoms. The van der Waals surface area contributed by atoms with Crippen LogP contribution in [0.4, 0.5) is 14.9 Å². The largest absolute Gasteiger partial charge is 0.338 e. The van der Waals surface area contributed by atoms with E-state index < -0.39 is 0 Å². The number of fused-ring (bicyclic) bond motifs is 1. The Hall–Kier alpha value is -3.25. The van der Waals surface area contributed by atoms with Crippen LogP contribution in [0.5, 0.6) is 0 Å². The van der Waals surface area contributed by atoms with E-state index >= 15 is 0 Å². The van der Waals surface area contributed by atoms with Crippen molar-refractivity contribution in [1.29, 1.82) is 0 Å². The standard InChI is InChI=1S/C23H20FN3OS/c1-15-6-11-20-21(14-15)29-22(27-20)17-7-9-18(10-8-17)26-23(28)25-13-12-16-4-2-3-5-19(16)24/h2-11,14H,12-13H2,1H3,(H2,25,26,28). The van der Waals surface area contributed by atoms with Crippen molar-refractivity contribution in [2.24, 2.45) is 0 Å². The van der Waals surface area contributed by atoms with Crippen LogP contribution >= 0.6 is 11.3 Å². The van der Waals surface area contributed by atoms with Crippen LogP contribution in [0.1, 0.15) is 11.1 Å². The van der Waals surface area contributed by atoms with Gasteiger partial charge in [-0.05, 0) is 66.9 Å². The molecule has 3 aromatic carbocycles. The number of aryl methyl sites for hydroxylation is 1. The molecule has 146 valence electrons. The summed E-state index contributed by atoms with van der Waals surface area (Å²) in [5.41, 5.74) is 4.49. The Morgan fingerprint density at radius 2 is 1.86 bits per heavy atom. The lowest BCUT2D eigenvalue weighted by Crippen LogP contribution is -2.30. The number of halogens is 1. The number of carbonyl (C=O) groups excluding carboxylic acids is 1. The number of anilines is 1. The highest BCUT2D eigenvalue weighted by atomic mass is 32.1. The maximum atomic E-state index is 13.6. The molecule has 1 aromatic heterocycles. The molecule has 2 amide bonds. The van der Waals surface area contributed by atoms with Gasteiger partial charge < -0.3 is 10.6 Å². The highest BCUT2D eigenvalue weighted by Crippen LogP contribution is 2.31. The van der Waals surface area contributed by atoms with Crippen molar-refractivity contribution < 1.29 is 9.18 Å². The summed E-state index contributed by atoms with van der Waals surface area (Å²) >= 11 is 1.65. The van der Waals surface area contributed by atoms with Crippen molar-refractivity contribution in [3.05, 3.63) is 83.7 Å². The van der Waals surface area contributed by atoms with Gasteiger partial charge in [-0.25, -0.2) is 14.2 Å². The van der Waals surface area contributed by atoms with Gasteiger partial charge in [0.1, 0.15) is 10.8 Å². The van der Waals surface area contributed by atoms with Crippen molar-refractivity contribution >= 4 is 33.3 Å². The SMILES string of the molecule is Cc1ccc2nc(-c3ccc(NC(=O)NCCc4ccccc4F)cc3)sc2c1. The first-order valence-corrected chi connectivity index (χ1v) is 10.2. The summed E-state index contributed by atoms with van der Waals surface area (Å²) < 4.78 is 14.8. The predicted octanol–water partition coefficient (Wildman–Crippen LogP) is 5.78. The van der Waals surface area contributed by atoms with E-state index in [2.05, 4.69) is 34.7 Å². The van der Waals surface area contributed by atoms with Gasteiger partial charge in [0.25, 0.3) is 0 Å². The number of hydrogen-bond donors (Lipinski definition) is 2. The topological polar surface area (TPSA) is 54.0 Å². The first kappa shape index (κ1) is 19.1. The lowest BCUT2D eigenvalue weighted by Gasteiger charge is -2.08. The zero-order valence-corrected chi connectivity index (χ0v) is 16.7. The van der Waals surface area contributed by atoms with E-state index in [-0.39, 0.29) is 11.8 Å². The van der Waals surface area contributed by atoms with Gasteiger partial charge in [-0.1, -0.05) is 24.3 Å². The molecule has 1 heterocycles. The van der Waals surface area contributed by atoms with Crippen LogP contribution in [0.15, 0.2) is 66.7 Å². The van der Waals surface area contributed by atoms with Gasteiger partial charge >= 0.3 is 6.03 Å². The molecule has 2 N–H and O–H groups in total. The number of nitrogens with zero attached hydrogens (tertiary/aromatic N) is 1. The van der Waals surface area contributed by atoms with Crippen LogP contribution in [0.3, 0.4) is 0 Å². The molecule has 0 atom stereocenters. The first-order valence-electron chi connectivity index (χ1n) is 9.34. The smallest absolute Gasteiger partial charge is 0.319 e. The van der Waals surface area contributed by atoms with Crippen molar-refractivity contribution in [1.82, 2.24) is 10.3 Å². The molecule has 0 radical (unpaired) electrons. The summed E-state index contributed by atoms with van der Waals surface area (Å²) in [6.07, 6.45) is 0.441. The second kappa shape index (κ2) is 8.41. The minimum Gasteiger partial charge on any atom is -0.338 e. The molecule has 29 heavy (non-hydrogen) atoms. The number of benzene rings is 3. The van der Waals surface area contributed by atoms with Crippen LogP contribution in [0.25, 0.3) is 20.8 Å². The van der Waals surface area contributed by atoms with E-state index in [0.717, 1.165) is 20.8 Å². The number of hydrogen-bond acceptors (Lipinski definition) is 3. The number of rotatable bonds is 5. The lowest BCUT2D eigenvalue weighted by atomic mass is 10.1. The highest BCUT2D eigenvalue weighted by molar-refractivity contribution is 7.21. The van der Waals surface area contributed by atoms with Gasteiger partial charge in [0, 0.05) is 17.8 Å². The summed E-state index contributed by atoms with van der Waals surface area (Å²) in [7, 11) is 0. The molecule has 0 saturated carbocycles. The fourth-order valence-electron chi connectivity index (χ4n) is 3.04. The first-order chi connectivity index (χ1) is 14.1. The van der Waals surface area contributed by atoms with E-state index in [4.69, 9.17) is 0 Å². The fraction of sp³-hybridized carbons (Fsp3) is 0.130. The Kier molecular flexibility index (Phi) is 5.53. The van der Waals surface area contributed by atoms with Crippen LogP contribution in [0, 0.1) is 12.7 Å². The highest BCUT2D eigenvalue weighted by Gasteiger charge is 2.08. The molecular formula is C23H20FN3OS. The van der Waals surface area contributed by atoms with E-state index in [0.29, 0.717) is 24.2 Å². The molecule has 0 aliphatic carbocycles. The zero-order valence-electron chi connectivity index (χ0n) is 15.9. The normalized spacial score (nSPS) is 10.8. The van der Waals surface area contributed by atoms with Crippen LogP contribution in [-0.2, 0) is 6.42 Å². The van der Waals surface area contributed by atoms with Crippen molar-refractivity contribution in [3.8, 4) is 10.6 Å². The summed E-state index contributed by atoms with van der Waals surface area (Å²) in [5, 5.41) is 6.49. The molecule has 6 heteroatoms. The van der Waals surface area contributed by atoms with E-state index in [9.17, 15) is 9.18 Å². The second-order valence-corrected chi connectivity index (χ2v) is 7.82. The molecule has 0 saturated heterocycles. The minimum atomic E-state index is -0.315. The van der Waals surface area contributed by atoms with Crippen LogP contribution in [0.2, 0.25) is 0 Å². The zero-order chi connectivity index (χ0) is 20.2. The van der Waals surface area contributed by atoms with Gasteiger partial charge in [0.05, 0.1) is 10.2 Å². The Bertz CT molecular complexity index is 1150. The predicted molar refractivity (Wildman–Crippen MR) is 117 cm³/mol. The molecule has 0 aliphatic rings. The van der Waals surface area contributed by atoms with Crippen molar-refractivity contribution in [2.75, 3.05) is 11.9 Å². The summed E-state index contributed by atoms with van der Waals surface area (Å²) in [6.45, 7) is 2.43. The van der Waals surface area contributed by atoms with E-state index in [1.54, 1.807) is 29.5 Å². The van der Waals surface area contributed by atoms with Crippen molar-refractivity contribution in [2.45, 2.75) is 13.3 Å². The Morgan fingerprint density at radius 3 is 2.66 bits per heavy atom. The molecule has 0 aliphatic heterocycles. The molecular weight excluding hydrogens is 385 g/mol. The number of amides is 2. The molecule has 4 nitrogen and oxygen atoms in total. The number of aromatic nitrogens is 1.